The Hall–Kier alpha value is -1.32. The van der Waals surface area contributed by atoms with Crippen LogP contribution in [0.5, 0.6) is 0 Å². The maximum atomic E-state index is 13.3. The molecule has 1 aromatic heterocycles. The Morgan fingerprint density at radius 3 is 2.46 bits per heavy atom. The first kappa shape index (κ1) is 16.2. The van der Waals surface area contributed by atoms with Crippen molar-refractivity contribution < 1.29 is 9.21 Å². The SMILES string of the molecule is Cc1nc(C2CC2)oc1C(=O)N1CCCCC[C@@H]1C1CCCCC1. The van der Waals surface area contributed by atoms with Crippen LogP contribution in [0.2, 0.25) is 0 Å². The molecule has 4 nitrogen and oxygen atoms in total. The smallest absolute Gasteiger partial charge is 0.291 e. The van der Waals surface area contributed by atoms with E-state index in [2.05, 4.69) is 9.88 Å². The summed E-state index contributed by atoms with van der Waals surface area (Å²) in [5, 5.41) is 0. The van der Waals surface area contributed by atoms with Crippen LogP contribution in [-0.2, 0) is 0 Å². The van der Waals surface area contributed by atoms with Crippen molar-refractivity contribution in [2.45, 2.75) is 89.5 Å². The highest BCUT2D eigenvalue weighted by Gasteiger charge is 2.36. The van der Waals surface area contributed by atoms with Crippen LogP contribution < -0.4 is 0 Å². The van der Waals surface area contributed by atoms with Gasteiger partial charge in [0.25, 0.3) is 5.91 Å². The largest absolute Gasteiger partial charge is 0.435 e. The predicted molar refractivity (Wildman–Crippen MR) is 93.1 cm³/mol. The summed E-state index contributed by atoms with van der Waals surface area (Å²) in [5.41, 5.74) is 0.786. The molecule has 0 spiro atoms. The number of amides is 1. The lowest BCUT2D eigenvalue weighted by atomic mass is 9.81. The molecule has 4 heteroatoms. The molecule has 0 N–H and O–H groups in total. The lowest BCUT2D eigenvalue weighted by Crippen LogP contribution is -2.45. The molecule has 1 atom stereocenters. The highest BCUT2D eigenvalue weighted by atomic mass is 16.4. The summed E-state index contributed by atoms with van der Waals surface area (Å²) < 4.78 is 5.93. The van der Waals surface area contributed by atoms with Gasteiger partial charge >= 0.3 is 0 Å². The van der Waals surface area contributed by atoms with E-state index in [9.17, 15) is 4.79 Å². The Morgan fingerprint density at radius 1 is 1.00 bits per heavy atom. The van der Waals surface area contributed by atoms with Crippen molar-refractivity contribution >= 4 is 5.91 Å². The normalized spacial score (nSPS) is 26.4. The second-order valence-corrected chi connectivity index (χ2v) is 8.05. The van der Waals surface area contributed by atoms with Crippen LogP contribution in [0.1, 0.15) is 98.7 Å². The molecule has 0 aromatic carbocycles. The second-order valence-electron chi connectivity index (χ2n) is 8.05. The molecular formula is C20H30N2O2. The van der Waals surface area contributed by atoms with Crippen LogP contribution in [0.15, 0.2) is 4.42 Å². The molecule has 0 radical (unpaired) electrons. The molecule has 0 bridgehead atoms. The third-order valence-electron chi connectivity index (χ3n) is 6.19. The lowest BCUT2D eigenvalue weighted by molar-refractivity contribution is 0.0541. The van der Waals surface area contributed by atoms with Crippen LogP contribution in [-0.4, -0.2) is 28.4 Å². The molecule has 4 rings (SSSR count). The number of rotatable bonds is 3. The van der Waals surface area contributed by atoms with Crippen molar-refractivity contribution in [1.82, 2.24) is 9.88 Å². The zero-order chi connectivity index (χ0) is 16.5. The minimum Gasteiger partial charge on any atom is -0.435 e. The summed E-state index contributed by atoms with van der Waals surface area (Å²) >= 11 is 0. The maximum Gasteiger partial charge on any atom is 0.291 e. The van der Waals surface area contributed by atoms with Gasteiger partial charge in [-0.25, -0.2) is 4.98 Å². The molecule has 0 unspecified atom stereocenters. The van der Waals surface area contributed by atoms with E-state index in [1.165, 1.54) is 51.4 Å². The molecular weight excluding hydrogens is 300 g/mol. The quantitative estimate of drug-likeness (QED) is 0.798. The van der Waals surface area contributed by atoms with Crippen molar-refractivity contribution in [2.75, 3.05) is 6.54 Å². The lowest BCUT2D eigenvalue weighted by Gasteiger charge is -2.37. The second kappa shape index (κ2) is 6.89. The first-order chi connectivity index (χ1) is 11.7. The Morgan fingerprint density at radius 2 is 1.71 bits per heavy atom. The van der Waals surface area contributed by atoms with Crippen LogP contribution in [0, 0.1) is 12.8 Å². The van der Waals surface area contributed by atoms with E-state index in [1.807, 2.05) is 6.92 Å². The molecule has 132 valence electrons. The van der Waals surface area contributed by atoms with Gasteiger partial charge in [-0.3, -0.25) is 4.79 Å². The third-order valence-corrected chi connectivity index (χ3v) is 6.19. The van der Waals surface area contributed by atoms with Gasteiger partial charge in [0.15, 0.2) is 5.89 Å². The van der Waals surface area contributed by atoms with E-state index in [0.29, 0.717) is 23.6 Å². The summed E-state index contributed by atoms with van der Waals surface area (Å²) in [6, 6.07) is 0.411. The van der Waals surface area contributed by atoms with Gasteiger partial charge in [0.05, 0.1) is 5.69 Å². The topological polar surface area (TPSA) is 46.3 Å². The minimum atomic E-state index is 0.101. The van der Waals surface area contributed by atoms with Gasteiger partial charge < -0.3 is 9.32 Å². The number of hydrogen-bond donors (Lipinski definition) is 0. The Balaban J connectivity index is 1.57. The van der Waals surface area contributed by atoms with Crippen molar-refractivity contribution in [1.29, 1.82) is 0 Å². The third kappa shape index (κ3) is 3.25. The predicted octanol–water partition coefficient (Wildman–Crippen LogP) is 4.83. The van der Waals surface area contributed by atoms with E-state index in [4.69, 9.17) is 4.42 Å². The molecule has 1 aromatic rings. The first-order valence-corrected chi connectivity index (χ1v) is 10.0. The van der Waals surface area contributed by atoms with Gasteiger partial charge in [0.2, 0.25) is 5.76 Å². The molecule has 2 saturated carbocycles. The van der Waals surface area contributed by atoms with Crippen molar-refractivity contribution in [3.05, 3.63) is 17.3 Å². The van der Waals surface area contributed by atoms with Gasteiger partial charge in [-0.1, -0.05) is 32.1 Å². The van der Waals surface area contributed by atoms with E-state index >= 15 is 0 Å². The number of likely N-dealkylation sites (tertiary alicyclic amines) is 1. The van der Waals surface area contributed by atoms with E-state index in [0.717, 1.165) is 37.4 Å². The fraction of sp³-hybridized carbons (Fsp3) is 0.800. The first-order valence-electron chi connectivity index (χ1n) is 10.0. The number of carbonyl (C=O) groups excluding carboxylic acids is 1. The number of nitrogens with zero attached hydrogens (tertiary/aromatic N) is 2. The molecule has 3 fully saturated rings. The fourth-order valence-corrected chi connectivity index (χ4v) is 4.65. The van der Waals surface area contributed by atoms with Crippen LogP contribution >= 0.6 is 0 Å². The minimum absolute atomic E-state index is 0.101. The highest BCUT2D eigenvalue weighted by molar-refractivity contribution is 5.92. The van der Waals surface area contributed by atoms with Gasteiger partial charge in [0, 0.05) is 18.5 Å². The summed E-state index contributed by atoms with van der Waals surface area (Å²) in [4.78, 5) is 20.0. The molecule has 2 heterocycles. The van der Waals surface area contributed by atoms with Gasteiger partial charge in [-0.15, -0.1) is 0 Å². The number of oxazole rings is 1. The van der Waals surface area contributed by atoms with Crippen molar-refractivity contribution in [3.8, 4) is 0 Å². The number of carbonyl (C=O) groups is 1. The molecule has 24 heavy (non-hydrogen) atoms. The molecule has 3 aliphatic rings. The van der Waals surface area contributed by atoms with Gasteiger partial charge in [-0.2, -0.15) is 0 Å². The fourth-order valence-electron chi connectivity index (χ4n) is 4.65. The molecule has 1 aliphatic heterocycles. The standard InChI is InChI=1S/C20H30N2O2/c1-14-18(24-19(21-14)16-11-12-16)20(23)22-13-7-3-6-10-17(22)15-8-4-2-5-9-15/h15-17H,2-13H2,1H3/t17-/m1/s1. The van der Waals surface area contributed by atoms with E-state index in [-0.39, 0.29) is 5.91 Å². The zero-order valence-corrected chi connectivity index (χ0v) is 14.9. The number of aromatic nitrogens is 1. The van der Waals surface area contributed by atoms with Crippen molar-refractivity contribution in [3.63, 3.8) is 0 Å². The van der Waals surface area contributed by atoms with Crippen LogP contribution in [0.3, 0.4) is 0 Å². The van der Waals surface area contributed by atoms with Gasteiger partial charge in [-0.05, 0) is 51.4 Å². The average Bonchev–Trinajstić information content (AvgIpc) is 3.41. The van der Waals surface area contributed by atoms with Crippen molar-refractivity contribution in [2.24, 2.45) is 5.92 Å². The summed E-state index contributed by atoms with van der Waals surface area (Å²) in [6.45, 7) is 2.81. The summed E-state index contributed by atoms with van der Waals surface area (Å²) in [5.74, 6) is 2.55. The number of hydrogen-bond acceptors (Lipinski definition) is 3. The van der Waals surface area contributed by atoms with Crippen LogP contribution in [0.25, 0.3) is 0 Å². The average molecular weight is 330 g/mol. The Bertz CT molecular complexity index is 584. The maximum absolute atomic E-state index is 13.3. The summed E-state index contributed by atoms with van der Waals surface area (Å²) in [6.07, 6.45) is 13.7. The van der Waals surface area contributed by atoms with Crippen LogP contribution in [0.4, 0.5) is 0 Å². The summed E-state index contributed by atoms with van der Waals surface area (Å²) in [7, 11) is 0. The zero-order valence-electron chi connectivity index (χ0n) is 14.9. The van der Waals surface area contributed by atoms with E-state index < -0.39 is 0 Å². The highest BCUT2D eigenvalue weighted by Crippen LogP contribution is 2.40. The number of aryl methyl sites for hydroxylation is 1. The van der Waals surface area contributed by atoms with E-state index in [1.54, 1.807) is 0 Å². The molecule has 1 amide bonds. The Kier molecular flexibility index (Phi) is 4.64. The Labute approximate surface area is 145 Å². The van der Waals surface area contributed by atoms with Gasteiger partial charge in [0.1, 0.15) is 0 Å². The molecule has 1 saturated heterocycles. The monoisotopic (exact) mass is 330 g/mol. The molecule has 2 aliphatic carbocycles.